The molecule has 4 atom stereocenters. The van der Waals surface area contributed by atoms with E-state index in [1.165, 1.54) is 0 Å². The summed E-state index contributed by atoms with van der Waals surface area (Å²) in [5, 5.41) is 10.3. The van der Waals surface area contributed by atoms with Crippen molar-refractivity contribution in [1.82, 2.24) is 0 Å². The van der Waals surface area contributed by atoms with Gasteiger partial charge in [-0.2, -0.15) is 0 Å². The van der Waals surface area contributed by atoms with Gasteiger partial charge in [0, 0.05) is 0 Å². The van der Waals surface area contributed by atoms with Crippen molar-refractivity contribution in [2.75, 3.05) is 13.2 Å². The number of benzene rings is 1. The first-order valence-corrected chi connectivity index (χ1v) is 6.85. The van der Waals surface area contributed by atoms with E-state index in [1.54, 1.807) is 24.3 Å². The summed E-state index contributed by atoms with van der Waals surface area (Å²) in [6, 6.07) is 8.81. The highest BCUT2D eigenvalue weighted by atomic mass is 16.6. The van der Waals surface area contributed by atoms with E-state index in [1.807, 2.05) is 13.0 Å². The standard InChI is InChI=1S/C15H18O5/c1-2-15(17)9-19-12-11(8-18-13(12)15)20-14(16)10-6-4-3-5-7-10/h3-7,11-13,17H,2,8-9H2,1H3/t11-,12+,13-,15+/m0/s1. The lowest BCUT2D eigenvalue weighted by Crippen LogP contribution is -2.43. The number of ether oxygens (including phenoxy) is 3. The Morgan fingerprint density at radius 2 is 2.15 bits per heavy atom. The number of carbonyl (C=O) groups is 1. The first kappa shape index (κ1) is 13.5. The third-order valence-electron chi connectivity index (χ3n) is 4.04. The van der Waals surface area contributed by atoms with E-state index in [0.29, 0.717) is 12.0 Å². The maximum atomic E-state index is 12.0. The lowest BCUT2D eigenvalue weighted by molar-refractivity contribution is -0.0722. The summed E-state index contributed by atoms with van der Waals surface area (Å²) in [6.07, 6.45) is -0.713. The molecule has 1 aromatic carbocycles. The van der Waals surface area contributed by atoms with E-state index in [4.69, 9.17) is 14.2 Å². The third kappa shape index (κ3) is 2.22. The molecule has 2 fully saturated rings. The quantitative estimate of drug-likeness (QED) is 0.840. The van der Waals surface area contributed by atoms with Crippen molar-refractivity contribution in [3.63, 3.8) is 0 Å². The molecular formula is C15H18O5. The normalized spacial score (nSPS) is 35.8. The van der Waals surface area contributed by atoms with Crippen molar-refractivity contribution in [3.05, 3.63) is 35.9 Å². The topological polar surface area (TPSA) is 65.0 Å². The Hall–Kier alpha value is -1.43. The Morgan fingerprint density at radius 1 is 1.40 bits per heavy atom. The van der Waals surface area contributed by atoms with Gasteiger partial charge in [0.25, 0.3) is 0 Å². The van der Waals surface area contributed by atoms with E-state index in [2.05, 4.69) is 0 Å². The summed E-state index contributed by atoms with van der Waals surface area (Å²) in [4.78, 5) is 12.0. The third-order valence-corrected chi connectivity index (χ3v) is 4.04. The van der Waals surface area contributed by atoms with Gasteiger partial charge < -0.3 is 19.3 Å². The average molecular weight is 278 g/mol. The minimum absolute atomic E-state index is 0.220. The number of aliphatic hydroxyl groups is 1. The Labute approximate surface area is 117 Å². The maximum absolute atomic E-state index is 12.0. The van der Waals surface area contributed by atoms with Gasteiger partial charge in [-0.05, 0) is 18.6 Å². The smallest absolute Gasteiger partial charge is 0.338 e. The Bertz CT molecular complexity index is 488. The Balaban J connectivity index is 1.67. The molecule has 0 aliphatic carbocycles. The summed E-state index contributed by atoms with van der Waals surface area (Å²) < 4.78 is 16.6. The van der Waals surface area contributed by atoms with Crippen LogP contribution in [0.1, 0.15) is 23.7 Å². The molecule has 0 bridgehead atoms. The number of hydrogen-bond acceptors (Lipinski definition) is 5. The van der Waals surface area contributed by atoms with Gasteiger partial charge >= 0.3 is 5.97 Å². The van der Waals surface area contributed by atoms with Crippen LogP contribution in [-0.2, 0) is 14.2 Å². The molecule has 1 N–H and O–H groups in total. The second-order valence-electron chi connectivity index (χ2n) is 5.30. The predicted molar refractivity (Wildman–Crippen MR) is 70.4 cm³/mol. The van der Waals surface area contributed by atoms with Gasteiger partial charge in [-0.3, -0.25) is 0 Å². The van der Waals surface area contributed by atoms with Gasteiger partial charge in [0.2, 0.25) is 0 Å². The van der Waals surface area contributed by atoms with Crippen molar-refractivity contribution in [3.8, 4) is 0 Å². The molecule has 2 saturated heterocycles. The van der Waals surface area contributed by atoms with Crippen LogP contribution in [-0.4, -0.2) is 48.2 Å². The molecule has 5 heteroatoms. The molecule has 0 saturated carbocycles. The van der Waals surface area contributed by atoms with Crippen molar-refractivity contribution < 1.29 is 24.1 Å². The number of carbonyl (C=O) groups excluding carboxylic acids is 1. The zero-order valence-electron chi connectivity index (χ0n) is 11.3. The fourth-order valence-electron chi connectivity index (χ4n) is 2.75. The highest BCUT2D eigenvalue weighted by molar-refractivity contribution is 5.89. The van der Waals surface area contributed by atoms with Gasteiger partial charge in [-0.15, -0.1) is 0 Å². The van der Waals surface area contributed by atoms with Gasteiger partial charge in [-0.25, -0.2) is 4.79 Å². The van der Waals surface area contributed by atoms with E-state index in [-0.39, 0.29) is 19.3 Å². The second-order valence-corrected chi connectivity index (χ2v) is 5.30. The number of esters is 1. The average Bonchev–Trinajstić information content (AvgIpc) is 3.03. The fourth-order valence-corrected chi connectivity index (χ4v) is 2.75. The molecule has 5 nitrogen and oxygen atoms in total. The van der Waals surface area contributed by atoms with Crippen molar-refractivity contribution in [2.45, 2.75) is 37.3 Å². The van der Waals surface area contributed by atoms with E-state index < -0.39 is 23.8 Å². The monoisotopic (exact) mass is 278 g/mol. The molecule has 108 valence electrons. The van der Waals surface area contributed by atoms with Crippen LogP contribution in [0.5, 0.6) is 0 Å². The van der Waals surface area contributed by atoms with Crippen LogP contribution in [0.2, 0.25) is 0 Å². The highest BCUT2D eigenvalue weighted by Gasteiger charge is 2.56. The van der Waals surface area contributed by atoms with E-state index in [9.17, 15) is 9.90 Å². The molecule has 0 aromatic heterocycles. The molecule has 0 radical (unpaired) electrons. The molecule has 20 heavy (non-hydrogen) atoms. The van der Waals surface area contributed by atoms with E-state index >= 15 is 0 Å². The molecule has 0 amide bonds. The van der Waals surface area contributed by atoms with Crippen LogP contribution in [0.15, 0.2) is 30.3 Å². The molecule has 2 aliphatic heterocycles. The lowest BCUT2D eigenvalue weighted by Gasteiger charge is -2.24. The van der Waals surface area contributed by atoms with Crippen LogP contribution in [0.3, 0.4) is 0 Å². The first-order chi connectivity index (χ1) is 9.64. The second kappa shape index (κ2) is 5.16. The van der Waals surface area contributed by atoms with Crippen LogP contribution in [0.25, 0.3) is 0 Å². The van der Waals surface area contributed by atoms with Crippen molar-refractivity contribution in [1.29, 1.82) is 0 Å². The van der Waals surface area contributed by atoms with Gasteiger partial charge in [0.15, 0.2) is 6.10 Å². The van der Waals surface area contributed by atoms with Crippen LogP contribution >= 0.6 is 0 Å². The van der Waals surface area contributed by atoms with Crippen LogP contribution in [0, 0.1) is 0 Å². The zero-order chi connectivity index (χ0) is 14.2. The maximum Gasteiger partial charge on any atom is 0.338 e. The summed E-state index contributed by atoms with van der Waals surface area (Å²) in [5.74, 6) is -0.393. The Kier molecular flexibility index (Phi) is 3.50. The molecule has 2 heterocycles. The Morgan fingerprint density at radius 3 is 2.85 bits per heavy atom. The molecule has 0 unspecified atom stereocenters. The molecule has 1 aromatic rings. The van der Waals surface area contributed by atoms with Crippen LogP contribution in [0.4, 0.5) is 0 Å². The fraction of sp³-hybridized carbons (Fsp3) is 0.533. The molecule has 2 aliphatic rings. The number of fused-ring (bicyclic) bond motifs is 1. The largest absolute Gasteiger partial charge is 0.453 e. The van der Waals surface area contributed by atoms with E-state index in [0.717, 1.165) is 0 Å². The molecule has 0 spiro atoms. The zero-order valence-corrected chi connectivity index (χ0v) is 11.3. The minimum Gasteiger partial charge on any atom is -0.453 e. The SMILES string of the molecule is CC[C@@]1(O)CO[C@@H]2[C@@H](OC(=O)c3ccccc3)CO[C@@H]21. The van der Waals surface area contributed by atoms with Crippen molar-refractivity contribution >= 4 is 5.97 Å². The summed E-state index contributed by atoms with van der Waals surface area (Å²) >= 11 is 0. The molecule has 3 rings (SSSR count). The lowest BCUT2D eigenvalue weighted by atomic mass is 9.93. The van der Waals surface area contributed by atoms with Crippen LogP contribution < -0.4 is 0 Å². The minimum atomic E-state index is -0.974. The summed E-state index contributed by atoms with van der Waals surface area (Å²) in [7, 11) is 0. The van der Waals surface area contributed by atoms with Gasteiger partial charge in [0.1, 0.15) is 17.8 Å². The highest BCUT2D eigenvalue weighted by Crippen LogP contribution is 2.37. The van der Waals surface area contributed by atoms with Gasteiger partial charge in [0.05, 0.1) is 18.8 Å². The summed E-state index contributed by atoms with van der Waals surface area (Å²) in [6.45, 7) is 2.37. The number of rotatable bonds is 3. The summed E-state index contributed by atoms with van der Waals surface area (Å²) in [5.41, 5.74) is -0.474. The molecular weight excluding hydrogens is 260 g/mol. The predicted octanol–water partition coefficient (Wildman–Crippen LogP) is 1.15. The number of hydrogen-bond donors (Lipinski definition) is 1. The first-order valence-electron chi connectivity index (χ1n) is 6.85. The van der Waals surface area contributed by atoms with Crippen molar-refractivity contribution in [2.24, 2.45) is 0 Å². The van der Waals surface area contributed by atoms with Gasteiger partial charge in [-0.1, -0.05) is 25.1 Å².